The molecule has 4 heteroatoms. The summed E-state index contributed by atoms with van der Waals surface area (Å²) in [5.74, 6) is 0.836. The fraction of sp³-hybridized carbons (Fsp3) is 0.778. The molecule has 0 aromatic heterocycles. The number of rotatable bonds is 0. The molecule has 0 aromatic carbocycles. The van der Waals surface area contributed by atoms with Gasteiger partial charge < -0.3 is 4.90 Å². The van der Waals surface area contributed by atoms with Crippen molar-refractivity contribution in [3.8, 4) is 0 Å². The monoisotopic (exact) mass is 199 g/mol. The summed E-state index contributed by atoms with van der Waals surface area (Å²) in [5.41, 5.74) is 0. The summed E-state index contributed by atoms with van der Waals surface area (Å²) in [7, 11) is 0. The number of carbonyl (C=O) groups is 2. The van der Waals surface area contributed by atoms with E-state index in [9.17, 15) is 9.59 Å². The summed E-state index contributed by atoms with van der Waals surface area (Å²) >= 11 is 1.33. The van der Waals surface area contributed by atoms with E-state index in [4.69, 9.17) is 0 Å². The molecule has 2 aliphatic heterocycles. The third-order valence-corrected chi connectivity index (χ3v) is 3.93. The van der Waals surface area contributed by atoms with E-state index in [1.54, 1.807) is 4.90 Å². The van der Waals surface area contributed by atoms with Crippen molar-refractivity contribution in [1.29, 1.82) is 0 Å². The molecule has 2 aliphatic rings. The SMILES string of the molecule is C[C@@H]1CSC(=O)[C@@H]2CCCN2C1=O. The minimum Gasteiger partial charge on any atom is -0.331 e. The number of thioether (sulfide) groups is 1. The lowest BCUT2D eigenvalue weighted by molar-refractivity contribution is -0.137. The van der Waals surface area contributed by atoms with Gasteiger partial charge in [-0.15, -0.1) is 0 Å². The minimum atomic E-state index is -0.109. The quantitative estimate of drug-likeness (QED) is 0.581. The lowest BCUT2D eigenvalue weighted by atomic mass is 10.1. The van der Waals surface area contributed by atoms with Crippen LogP contribution in [0.4, 0.5) is 0 Å². The highest BCUT2D eigenvalue weighted by atomic mass is 32.2. The minimum absolute atomic E-state index is 0.0112. The van der Waals surface area contributed by atoms with Crippen LogP contribution >= 0.6 is 11.8 Å². The first-order valence-corrected chi connectivity index (χ1v) is 5.66. The van der Waals surface area contributed by atoms with Gasteiger partial charge in [0.2, 0.25) is 11.0 Å². The first-order chi connectivity index (χ1) is 6.20. The summed E-state index contributed by atoms with van der Waals surface area (Å²) in [6.45, 7) is 2.68. The molecule has 2 fully saturated rings. The van der Waals surface area contributed by atoms with Crippen LogP contribution in [0.5, 0.6) is 0 Å². The molecule has 0 N–H and O–H groups in total. The van der Waals surface area contributed by atoms with Gasteiger partial charge in [-0.2, -0.15) is 0 Å². The zero-order valence-corrected chi connectivity index (χ0v) is 8.47. The van der Waals surface area contributed by atoms with Gasteiger partial charge in [-0.1, -0.05) is 18.7 Å². The molecule has 0 bridgehead atoms. The molecule has 0 unspecified atom stereocenters. The predicted molar refractivity (Wildman–Crippen MR) is 51.4 cm³/mol. The molecule has 3 nitrogen and oxygen atoms in total. The van der Waals surface area contributed by atoms with Crippen LogP contribution in [0.1, 0.15) is 19.8 Å². The molecular weight excluding hydrogens is 186 g/mol. The van der Waals surface area contributed by atoms with Crippen LogP contribution in [0.2, 0.25) is 0 Å². The van der Waals surface area contributed by atoms with Crippen molar-refractivity contribution < 1.29 is 9.59 Å². The smallest absolute Gasteiger partial charge is 0.226 e. The average Bonchev–Trinajstić information content (AvgIpc) is 2.57. The normalized spacial score (nSPS) is 34.7. The van der Waals surface area contributed by atoms with E-state index in [2.05, 4.69) is 0 Å². The number of amides is 1. The molecule has 72 valence electrons. The second-order valence-electron chi connectivity index (χ2n) is 3.72. The Morgan fingerprint density at radius 2 is 2.23 bits per heavy atom. The highest BCUT2D eigenvalue weighted by Gasteiger charge is 2.38. The van der Waals surface area contributed by atoms with Gasteiger partial charge in [0.15, 0.2) is 0 Å². The van der Waals surface area contributed by atoms with Crippen LogP contribution in [-0.2, 0) is 9.59 Å². The molecule has 0 radical (unpaired) electrons. The van der Waals surface area contributed by atoms with Crippen molar-refractivity contribution in [2.45, 2.75) is 25.8 Å². The van der Waals surface area contributed by atoms with E-state index in [1.807, 2.05) is 6.92 Å². The zero-order valence-electron chi connectivity index (χ0n) is 7.66. The van der Waals surface area contributed by atoms with E-state index in [0.29, 0.717) is 5.75 Å². The Morgan fingerprint density at radius 3 is 3.00 bits per heavy atom. The number of nitrogens with zero attached hydrogens (tertiary/aromatic N) is 1. The van der Waals surface area contributed by atoms with Crippen LogP contribution in [0.15, 0.2) is 0 Å². The van der Waals surface area contributed by atoms with Gasteiger partial charge in [0.25, 0.3) is 0 Å². The van der Waals surface area contributed by atoms with Gasteiger partial charge in [0.1, 0.15) is 6.04 Å². The van der Waals surface area contributed by atoms with E-state index in [1.165, 1.54) is 11.8 Å². The first kappa shape index (κ1) is 9.06. The van der Waals surface area contributed by atoms with Gasteiger partial charge in [0, 0.05) is 18.2 Å². The Hall–Kier alpha value is -0.510. The van der Waals surface area contributed by atoms with Crippen molar-refractivity contribution in [3.63, 3.8) is 0 Å². The van der Waals surface area contributed by atoms with Gasteiger partial charge in [-0.25, -0.2) is 0 Å². The summed E-state index contributed by atoms with van der Waals surface area (Å²) in [4.78, 5) is 25.1. The van der Waals surface area contributed by atoms with E-state index in [0.717, 1.165) is 19.4 Å². The van der Waals surface area contributed by atoms with E-state index < -0.39 is 0 Å². The molecule has 13 heavy (non-hydrogen) atoms. The molecular formula is C9H13NO2S. The Morgan fingerprint density at radius 1 is 1.46 bits per heavy atom. The maximum atomic E-state index is 11.7. The lowest BCUT2D eigenvalue weighted by Crippen LogP contribution is -2.39. The van der Waals surface area contributed by atoms with Crippen LogP contribution in [0.25, 0.3) is 0 Å². The molecule has 2 heterocycles. The molecule has 2 saturated heterocycles. The van der Waals surface area contributed by atoms with Crippen molar-refractivity contribution in [3.05, 3.63) is 0 Å². The maximum Gasteiger partial charge on any atom is 0.226 e. The topological polar surface area (TPSA) is 37.4 Å². The summed E-state index contributed by atoms with van der Waals surface area (Å²) < 4.78 is 0. The Kier molecular flexibility index (Phi) is 2.32. The van der Waals surface area contributed by atoms with Crippen molar-refractivity contribution in [1.82, 2.24) is 4.90 Å². The van der Waals surface area contributed by atoms with Crippen molar-refractivity contribution >= 4 is 22.8 Å². The largest absolute Gasteiger partial charge is 0.331 e. The lowest BCUT2D eigenvalue weighted by Gasteiger charge is -2.21. The summed E-state index contributed by atoms with van der Waals surface area (Å²) in [6.07, 6.45) is 1.85. The van der Waals surface area contributed by atoms with Crippen molar-refractivity contribution in [2.75, 3.05) is 12.3 Å². The third-order valence-electron chi connectivity index (χ3n) is 2.71. The van der Waals surface area contributed by atoms with Gasteiger partial charge in [-0.05, 0) is 12.8 Å². The third kappa shape index (κ3) is 1.47. The van der Waals surface area contributed by atoms with Gasteiger partial charge in [-0.3, -0.25) is 9.59 Å². The number of hydrogen-bond acceptors (Lipinski definition) is 3. The maximum absolute atomic E-state index is 11.7. The Bertz CT molecular complexity index is 254. The molecule has 0 saturated carbocycles. The second kappa shape index (κ2) is 3.33. The number of hydrogen-bond donors (Lipinski definition) is 0. The fourth-order valence-electron chi connectivity index (χ4n) is 1.93. The van der Waals surface area contributed by atoms with Crippen molar-refractivity contribution in [2.24, 2.45) is 5.92 Å². The summed E-state index contributed by atoms with van der Waals surface area (Å²) in [5, 5.41) is 0.190. The highest BCUT2D eigenvalue weighted by Crippen LogP contribution is 2.29. The molecule has 1 amide bonds. The zero-order chi connectivity index (χ0) is 9.42. The molecule has 2 atom stereocenters. The standard InChI is InChI=1S/C9H13NO2S/c1-6-5-13-9(12)7-3-2-4-10(7)8(6)11/h6-7H,2-5H2,1H3/t6-,7+/m1/s1. The van der Waals surface area contributed by atoms with Crippen LogP contribution in [0.3, 0.4) is 0 Å². The Labute approximate surface area is 81.9 Å². The van der Waals surface area contributed by atoms with Crippen LogP contribution in [0, 0.1) is 5.92 Å². The molecule has 0 aromatic rings. The predicted octanol–water partition coefficient (Wildman–Crippen LogP) is 0.887. The van der Waals surface area contributed by atoms with Crippen LogP contribution in [-0.4, -0.2) is 34.3 Å². The van der Waals surface area contributed by atoms with E-state index in [-0.39, 0.29) is 23.0 Å². The highest BCUT2D eigenvalue weighted by molar-refractivity contribution is 8.13. The fourth-order valence-corrected chi connectivity index (χ4v) is 2.93. The summed E-state index contributed by atoms with van der Waals surface area (Å²) in [6, 6.07) is -0.109. The van der Waals surface area contributed by atoms with Gasteiger partial charge in [0.05, 0.1) is 0 Å². The molecule has 0 spiro atoms. The first-order valence-electron chi connectivity index (χ1n) is 4.67. The Balaban J connectivity index is 2.24. The number of fused-ring (bicyclic) bond motifs is 1. The second-order valence-corrected chi connectivity index (χ2v) is 4.75. The van der Waals surface area contributed by atoms with E-state index >= 15 is 0 Å². The van der Waals surface area contributed by atoms with Crippen LogP contribution < -0.4 is 0 Å². The average molecular weight is 199 g/mol. The molecule has 0 aliphatic carbocycles. The number of carbonyl (C=O) groups excluding carboxylic acids is 2. The van der Waals surface area contributed by atoms with Gasteiger partial charge >= 0.3 is 0 Å². The molecule has 2 rings (SSSR count).